The Morgan fingerprint density at radius 1 is 0.889 bits per heavy atom. The van der Waals surface area contributed by atoms with E-state index in [2.05, 4.69) is 57.6 Å². The van der Waals surface area contributed by atoms with Crippen LogP contribution in [0.1, 0.15) is 11.1 Å². The van der Waals surface area contributed by atoms with Crippen molar-refractivity contribution in [3.8, 4) is 5.75 Å². The van der Waals surface area contributed by atoms with Gasteiger partial charge in [0.1, 0.15) is 18.8 Å². The van der Waals surface area contributed by atoms with Gasteiger partial charge < -0.3 is 10.1 Å². The van der Waals surface area contributed by atoms with Crippen molar-refractivity contribution in [1.82, 2.24) is 0 Å². The van der Waals surface area contributed by atoms with Crippen molar-refractivity contribution in [2.45, 2.75) is 13.1 Å². The number of nitrogens with two attached hydrogens (primary N) is 1. The highest BCUT2D eigenvalue weighted by Gasteiger charge is 1.98. The Morgan fingerprint density at radius 2 is 1.39 bits per heavy atom. The second-order valence-electron chi connectivity index (χ2n) is 4.17. The van der Waals surface area contributed by atoms with E-state index in [0.717, 1.165) is 23.3 Å². The molecular formula is C15H17BrNO+. The Labute approximate surface area is 116 Å². The second kappa shape index (κ2) is 6.57. The lowest BCUT2D eigenvalue weighted by atomic mass is 10.2. The average molecular weight is 307 g/mol. The lowest BCUT2D eigenvalue weighted by molar-refractivity contribution is -0.686. The fourth-order valence-corrected chi connectivity index (χ4v) is 2.05. The van der Waals surface area contributed by atoms with E-state index in [4.69, 9.17) is 4.74 Å². The fourth-order valence-electron chi connectivity index (χ4n) is 1.79. The Morgan fingerprint density at radius 3 is 1.89 bits per heavy atom. The van der Waals surface area contributed by atoms with E-state index >= 15 is 0 Å². The summed E-state index contributed by atoms with van der Waals surface area (Å²) in [6, 6.07) is 16.7. The van der Waals surface area contributed by atoms with Crippen LogP contribution >= 0.6 is 15.9 Å². The highest BCUT2D eigenvalue weighted by atomic mass is 79.9. The summed E-state index contributed by atoms with van der Waals surface area (Å²) in [5.74, 6) is 0.909. The van der Waals surface area contributed by atoms with Gasteiger partial charge in [-0.2, -0.15) is 0 Å². The van der Waals surface area contributed by atoms with Gasteiger partial charge in [0.15, 0.2) is 0 Å². The molecule has 0 radical (unpaired) electrons. The van der Waals surface area contributed by atoms with Crippen LogP contribution < -0.4 is 10.1 Å². The molecular weight excluding hydrogens is 290 g/mol. The third kappa shape index (κ3) is 3.86. The summed E-state index contributed by atoms with van der Waals surface area (Å²) in [5, 5.41) is 2.30. The summed E-state index contributed by atoms with van der Waals surface area (Å²) in [7, 11) is 1.69. The molecule has 0 aliphatic rings. The molecule has 18 heavy (non-hydrogen) atoms. The quantitative estimate of drug-likeness (QED) is 0.903. The molecule has 0 atom stereocenters. The summed E-state index contributed by atoms with van der Waals surface area (Å²) in [6.07, 6.45) is 0. The maximum Gasteiger partial charge on any atom is 0.118 e. The molecule has 0 fully saturated rings. The van der Waals surface area contributed by atoms with Crippen LogP contribution in [0.3, 0.4) is 0 Å². The number of ether oxygens (including phenoxy) is 1. The number of hydrogen-bond donors (Lipinski definition) is 1. The Hall–Kier alpha value is -1.32. The molecule has 0 bridgehead atoms. The van der Waals surface area contributed by atoms with Gasteiger partial charge in [0.25, 0.3) is 0 Å². The molecule has 2 N–H and O–H groups in total. The number of rotatable bonds is 5. The molecule has 2 aromatic carbocycles. The molecule has 0 saturated carbocycles. The molecule has 2 nitrogen and oxygen atoms in total. The number of benzene rings is 2. The molecule has 2 aromatic rings. The van der Waals surface area contributed by atoms with Crippen molar-refractivity contribution >= 4 is 15.9 Å². The minimum Gasteiger partial charge on any atom is -0.497 e. The van der Waals surface area contributed by atoms with E-state index in [1.807, 2.05) is 12.1 Å². The number of methoxy groups -OCH3 is 1. The Kier molecular flexibility index (Phi) is 4.79. The first-order valence-electron chi connectivity index (χ1n) is 5.97. The molecule has 94 valence electrons. The number of quaternary nitrogens is 1. The molecule has 2 rings (SSSR count). The SMILES string of the molecule is COc1ccc(C[NH2+]Cc2ccc(Br)cc2)cc1. The largest absolute Gasteiger partial charge is 0.497 e. The topological polar surface area (TPSA) is 25.8 Å². The first kappa shape index (κ1) is 13.1. The third-order valence-corrected chi connectivity index (χ3v) is 3.36. The normalized spacial score (nSPS) is 10.3. The van der Waals surface area contributed by atoms with Gasteiger partial charge in [0.2, 0.25) is 0 Å². The van der Waals surface area contributed by atoms with Crippen molar-refractivity contribution in [3.05, 3.63) is 64.1 Å². The van der Waals surface area contributed by atoms with E-state index in [-0.39, 0.29) is 0 Å². The maximum atomic E-state index is 5.14. The van der Waals surface area contributed by atoms with Gasteiger partial charge in [-0.1, -0.05) is 28.1 Å². The third-order valence-electron chi connectivity index (χ3n) is 2.83. The van der Waals surface area contributed by atoms with Crippen LogP contribution in [0.4, 0.5) is 0 Å². The molecule has 3 heteroatoms. The zero-order valence-electron chi connectivity index (χ0n) is 10.4. The van der Waals surface area contributed by atoms with Gasteiger partial charge >= 0.3 is 0 Å². The van der Waals surface area contributed by atoms with Crippen LogP contribution in [0.15, 0.2) is 53.0 Å². The molecule has 0 aromatic heterocycles. The smallest absolute Gasteiger partial charge is 0.118 e. The average Bonchev–Trinajstić information content (AvgIpc) is 2.42. The van der Waals surface area contributed by atoms with Gasteiger partial charge in [0, 0.05) is 15.6 Å². The lowest BCUT2D eigenvalue weighted by Crippen LogP contribution is -2.80. The van der Waals surface area contributed by atoms with Crippen LogP contribution in [0.5, 0.6) is 5.75 Å². The van der Waals surface area contributed by atoms with Crippen molar-refractivity contribution in [1.29, 1.82) is 0 Å². The van der Waals surface area contributed by atoms with E-state index in [0.29, 0.717) is 0 Å². The van der Waals surface area contributed by atoms with Crippen LogP contribution in [-0.2, 0) is 13.1 Å². The van der Waals surface area contributed by atoms with Gasteiger partial charge in [-0.25, -0.2) is 0 Å². The van der Waals surface area contributed by atoms with Crippen LogP contribution in [0, 0.1) is 0 Å². The molecule has 0 amide bonds. The monoisotopic (exact) mass is 306 g/mol. The predicted octanol–water partition coefficient (Wildman–Crippen LogP) is 2.72. The number of hydrogen-bond acceptors (Lipinski definition) is 1. The van der Waals surface area contributed by atoms with E-state index in [9.17, 15) is 0 Å². The molecule has 0 aliphatic heterocycles. The zero-order valence-corrected chi connectivity index (χ0v) is 12.0. The molecule has 0 unspecified atom stereocenters. The van der Waals surface area contributed by atoms with Crippen LogP contribution in [0.2, 0.25) is 0 Å². The van der Waals surface area contributed by atoms with E-state index < -0.39 is 0 Å². The summed E-state index contributed by atoms with van der Waals surface area (Å²) in [5.41, 5.74) is 2.65. The van der Waals surface area contributed by atoms with Crippen molar-refractivity contribution in [3.63, 3.8) is 0 Å². The molecule has 0 spiro atoms. The highest BCUT2D eigenvalue weighted by molar-refractivity contribution is 9.10. The highest BCUT2D eigenvalue weighted by Crippen LogP contribution is 2.11. The predicted molar refractivity (Wildman–Crippen MR) is 76.5 cm³/mol. The fraction of sp³-hybridized carbons (Fsp3) is 0.200. The summed E-state index contributed by atoms with van der Waals surface area (Å²) in [4.78, 5) is 0. The Balaban J connectivity index is 1.82. The minimum absolute atomic E-state index is 0.909. The van der Waals surface area contributed by atoms with Crippen molar-refractivity contribution < 1.29 is 10.1 Å². The van der Waals surface area contributed by atoms with Crippen molar-refractivity contribution in [2.24, 2.45) is 0 Å². The summed E-state index contributed by atoms with van der Waals surface area (Å²) >= 11 is 3.44. The van der Waals surface area contributed by atoms with Gasteiger partial charge in [-0.3, -0.25) is 0 Å². The maximum absolute atomic E-state index is 5.14. The Bertz CT molecular complexity index is 479. The zero-order chi connectivity index (χ0) is 12.8. The minimum atomic E-state index is 0.909. The lowest BCUT2D eigenvalue weighted by Gasteiger charge is -2.04. The van der Waals surface area contributed by atoms with Gasteiger partial charge in [0.05, 0.1) is 7.11 Å². The van der Waals surface area contributed by atoms with Gasteiger partial charge in [-0.05, 0) is 36.4 Å². The first-order chi connectivity index (χ1) is 8.78. The molecule has 0 heterocycles. The van der Waals surface area contributed by atoms with E-state index in [1.54, 1.807) is 7.11 Å². The number of halogens is 1. The second-order valence-corrected chi connectivity index (χ2v) is 5.09. The molecule has 0 aliphatic carbocycles. The van der Waals surface area contributed by atoms with Crippen LogP contribution in [0.25, 0.3) is 0 Å². The van der Waals surface area contributed by atoms with Gasteiger partial charge in [-0.15, -0.1) is 0 Å². The van der Waals surface area contributed by atoms with Crippen LogP contribution in [-0.4, -0.2) is 7.11 Å². The first-order valence-corrected chi connectivity index (χ1v) is 6.76. The summed E-state index contributed by atoms with van der Waals surface area (Å²) < 4.78 is 6.27. The standard InChI is InChI=1S/C15H16BrNO/c1-18-15-8-4-13(5-9-15)11-17-10-12-2-6-14(16)7-3-12/h2-9,17H,10-11H2,1H3/p+1. The van der Waals surface area contributed by atoms with Crippen molar-refractivity contribution in [2.75, 3.05) is 7.11 Å². The summed E-state index contributed by atoms with van der Waals surface area (Å²) in [6.45, 7) is 1.99. The molecule has 0 saturated heterocycles. The van der Waals surface area contributed by atoms with E-state index in [1.165, 1.54) is 11.1 Å².